The van der Waals surface area contributed by atoms with Crippen molar-refractivity contribution in [2.24, 2.45) is 0 Å². The normalized spacial score (nSPS) is 18.7. The summed E-state index contributed by atoms with van der Waals surface area (Å²) in [6.45, 7) is 0.763. The van der Waals surface area contributed by atoms with Gasteiger partial charge in [0.2, 0.25) is 0 Å². The molecule has 0 aromatic heterocycles. The van der Waals surface area contributed by atoms with E-state index in [1.165, 1.54) is 0 Å². The number of hydrogen-bond acceptors (Lipinski definition) is 4. The molecule has 9 heteroatoms. The van der Waals surface area contributed by atoms with Crippen LogP contribution in [-0.2, 0) is 13.8 Å². The molecule has 21 heavy (non-hydrogen) atoms. The Kier molecular flexibility index (Phi) is 4.80. The molecule has 2 rings (SSSR count). The molecule has 1 saturated heterocycles. The van der Waals surface area contributed by atoms with Crippen LogP contribution in [0.4, 0.5) is 8.78 Å². The Bertz CT molecular complexity index is 659. The van der Waals surface area contributed by atoms with Gasteiger partial charge >= 0.3 is 0 Å². The van der Waals surface area contributed by atoms with Crippen molar-refractivity contribution in [2.75, 3.05) is 13.2 Å². The Morgan fingerprint density at radius 3 is 2.67 bits per heavy atom. The molecule has 0 bridgehead atoms. The van der Waals surface area contributed by atoms with Gasteiger partial charge in [0, 0.05) is 29.9 Å². The first-order valence-electron chi connectivity index (χ1n) is 6.12. The summed E-state index contributed by atoms with van der Waals surface area (Å²) in [4.78, 5) is 10.9. The van der Waals surface area contributed by atoms with Crippen molar-refractivity contribution in [3.8, 4) is 0 Å². The van der Waals surface area contributed by atoms with Gasteiger partial charge in [-0.3, -0.25) is 4.79 Å². The van der Waals surface area contributed by atoms with Gasteiger partial charge < -0.3 is 10.1 Å². The lowest BCUT2D eigenvalue weighted by molar-refractivity contribution is 0.0854. The molecule has 5 nitrogen and oxygen atoms in total. The maximum absolute atomic E-state index is 13.6. The van der Waals surface area contributed by atoms with E-state index >= 15 is 0 Å². The van der Waals surface area contributed by atoms with E-state index in [0.29, 0.717) is 18.7 Å². The van der Waals surface area contributed by atoms with Crippen LogP contribution in [0.5, 0.6) is 0 Å². The molecule has 0 aliphatic carbocycles. The molecular formula is C12H12ClF2NO4S. The number of rotatable bonds is 4. The van der Waals surface area contributed by atoms with E-state index in [1.807, 2.05) is 0 Å². The SMILES string of the molecule is O=C(NCC1CCCO1)c1cc(S(=O)(=O)Cl)c(F)cc1F. The predicted octanol–water partition coefficient (Wildman–Crippen LogP) is 1.80. The van der Waals surface area contributed by atoms with Crippen molar-refractivity contribution >= 4 is 25.6 Å². The Labute approximate surface area is 124 Å². The molecule has 0 radical (unpaired) electrons. The van der Waals surface area contributed by atoms with Gasteiger partial charge in [-0.25, -0.2) is 17.2 Å². The number of halogens is 3. The summed E-state index contributed by atoms with van der Waals surface area (Å²) in [5, 5.41) is 2.42. The zero-order valence-corrected chi connectivity index (χ0v) is 12.3. The minimum atomic E-state index is -4.41. The number of ether oxygens (including phenoxy) is 1. The van der Waals surface area contributed by atoms with Crippen LogP contribution in [0.2, 0.25) is 0 Å². The highest BCUT2D eigenvalue weighted by atomic mass is 35.7. The fraction of sp³-hybridized carbons (Fsp3) is 0.417. The zero-order chi connectivity index (χ0) is 15.6. The fourth-order valence-electron chi connectivity index (χ4n) is 2.00. The summed E-state index contributed by atoms with van der Waals surface area (Å²) < 4.78 is 54.6. The summed E-state index contributed by atoms with van der Waals surface area (Å²) in [7, 11) is 0.621. The molecule has 1 fully saturated rings. The summed E-state index contributed by atoms with van der Waals surface area (Å²) in [5.74, 6) is -3.37. The van der Waals surface area contributed by atoms with Crippen LogP contribution >= 0.6 is 10.7 Å². The molecule has 1 unspecified atom stereocenters. The van der Waals surface area contributed by atoms with E-state index in [0.717, 1.165) is 12.8 Å². The second kappa shape index (κ2) is 6.25. The van der Waals surface area contributed by atoms with Crippen molar-refractivity contribution in [1.29, 1.82) is 0 Å². The number of carbonyl (C=O) groups excluding carboxylic acids is 1. The zero-order valence-electron chi connectivity index (χ0n) is 10.7. The van der Waals surface area contributed by atoms with Gasteiger partial charge in [0.05, 0.1) is 11.7 Å². The Hall–Kier alpha value is -1.25. The predicted molar refractivity (Wildman–Crippen MR) is 70.7 cm³/mol. The summed E-state index contributed by atoms with van der Waals surface area (Å²) >= 11 is 0. The molecule has 0 spiro atoms. The highest BCUT2D eigenvalue weighted by molar-refractivity contribution is 8.13. The van der Waals surface area contributed by atoms with Crippen LogP contribution in [0.25, 0.3) is 0 Å². The average molecular weight is 340 g/mol. The number of hydrogen-bond donors (Lipinski definition) is 1. The van der Waals surface area contributed by atoms with E-state index in [1.54, 1.807) is 0 Å². The third kappa shape index (κ3) is 3.90. The first-order valence-corrected chi connectivity index (χ1v) is 8.43. The minimum Gasteiger partial charge on any atom is -0.376 e. The maximum Gasteiger partial charge on any atom is 0.264 e. The van der Waals surface area contributed by atoms with E-state index in [9.17, 15) is 22.0 Å². The van der Waals surface area contributed by atoms with Crippen LogP contribution in [0, 0.1) is 11.6 Å². The van der Waals surface area contributed by atoms with Crippen molar-refractivity contribution in [3.05, 3.63) is 29.3 Å². The largest absolute Gasteiger partial charge is 0.376 e. The maximum atomic E-state index is 13.6. The summed E-state index contributed by atoms with van der Waals surface area (Å²) in [6, 6.07) is 0.897. The van der Waals surface area contributed by atoms with Crippen LogP contribution in [0.1, 0.15) is 23.2 Å². The van der Waals surface area contributed by atoms with Crippen molar-refractivity contribution in [1.82, 2.24) is 5.32 Å². The van der Waals surface area contributed by atoms with Crippen LogP contribution in [0.3, 0.4) is 0 Å². The molecule has 1 aromatic carbocycles. The van der Waals surface area contributed by atoms with Crippen molar-refractivity contribution in [3.63, 3.8) is 0 Å². The van der Waals surface area contributed by atoms with Crippen molar-refractivity contribution in [2.45, 2.75) is 23.8 Å². The minimum absolute atomic E-state index is 0.159. The monoisotopic (exact) mass is 339 g/mol. The Morgan fingerprint density at radius 1 is 1.38 bits per heavy atom. The first-order chi connectivity index (χ1) is 9.79. The number of nitrogens with one attached hydrogen (secondary N) is 1. The van der Waals surface area contributed by atoms with E-state index in [2.05, 4.69) is 5.32 Å². The highest BCUT2D eigenvalue weighted by Gasteiger charge is 2.23. The quantitative estimate of drug-likeness (QED) is 0.849. The number of benzene rings is 1. The van der Waals surface area contributed by atoms with Crippen molar-refractivity contribution < 1.29 is 26.7 Å². The lowest BCUT2D eigenvalue weighted by Crippen LogP contribution is -2.32. The number of carbonyl (C=O) groups is 1. The molecule has 1 heterocycles. The molecular weight excluding hydrogens is 328 g/mol. The molecule has 0 saturated carbocycles. The molecule has 1 aromatic rings. The van der Waals surface area contributed by atoms with Crippen LogP contribution in [-0.4, -0.2) is 33.6 Å². The van der Waals surface area contributed by atoms with Gasteiger partial charge in [-0.2, -0.15) is 0 Å². The summed E-state index contributed by atoms with van der Waals surface area (Å²) in [5.41, 5.74) is -0.589. The molecule has 1 atom stereocenters. The topological polar surface area (TPSA) is 72.5 Å². The molecule has 116 valence electrons. The van der Waals surface area contributed by atoms with E-state index in [-0.39, 0.29) is 12.6 Å². The second-order valence-corrected chi connectivity index (χ2v) is 7.08. The highest BCUT2D eigenvalue weighted by Crippen LogP contribution is 2.22. The number of amides is 1. The Balaban J connectivity index is 2.20. The third-order valence-corrected chi connectivity index (χ3v) is 4.38. The van der Waals surface area contributed by atoms with Gasteiger partial charge in [-0.15, -0.1) is 0 Å². The lowest BCUT2D eigenvalue weighted by Gasteiger charge is -2.11. The standard InChI is InChI=1S/C12H12ClF2NO4S/c13-21(18,19)11-4-8(9(14)5-10(11)15)12(17)16-6-7-2-1-3-20-7/h4-5,7H,1-3,6H2,(H,16,17). The van der Waals surface area contributed by atoms with Crippen LogP contribution < -0.4 is 5.32 Å². The first kappa shape index (κ1) is 16.1. The van der Waals surface area contributed by atoms with E-state index in [4.69, 9.17) is 15.4 Å². The van der Waals surface area contributed by atoms with Gasteiger partial charge in [-0.1, -0.05) is 0 Å². The van der Waals surface area contributed by atoms with Gasteiger partial charge in [-0.05, 0) is 18.9 Å². The van der Waals surface area contributed by atoms with Crippen LogP contribution in [0.15, 0.2) is 17.0 Å². The molecule has 1 N–H and O–H groups in total. The van der Waals surface area contributed by atoms with Gasteiger partial charge in [0.25, 0.3) is 15.0 Å². The smallest absolute Gasteiger partial charge is 0.264 e. The summed E-state index contributed by atoms with van der Waals surface area (Å²) in [6.07, 6.45) is 1.49. The lowest BCUT2D eigenvalue weighted by atomic mass is 10.2. The average Bonchev–Trinajstić information content (AvgIpc) is 2.87. The Morgan fingerprint density at radius 2 is 2.10 bits per heavy atom. The third-order valence-electron chi connectivity index (χ3n) is 3.04. The molecule has 1 amide bonds. The molecule has 1 aliphatic heterocycles. The molecule has 1 aliphatic rings. The van der Waals surface area contributed by atoms with Gasteiger partial charge in [0.1, 0.15) is 16.5 Å². The van der Waals surface area contributed by atoms with Gasteiger partial charge in [0.15, 0.2) is 0 Å². The van der Waals surface area contributed by atoms with E-state index < -0.39 is 37.1 Å². The fourth-order valence-corrected chi connectivity index (χ4v) is 2.90. The second-order valence-electron chi connectivity index (χ2n) is 4.55.